The van der Waals surface area contributed by atoms with Crippen LogP contribution in [0.4, 0.5) is 5.69 Å². The van der Waals surface area contributed by atoms with E-state index in [0.29, 0.717) is 43.5 Å². The molecule has 0 aliphatic heterocycles. The Morgan fingerprint density at radius 3 is 2.17 bits per heavy atom. The lowest BCUT2D eigenvalue weighted by molar-refractivity contribution is -0.130. The zero-order valence-corrected chi connectivity index (χ0v) is 31.8. The van der Waals surface area contributed by atoms with Crippen molar-refractivity contribution in [3.8, 4) is 0 Å². The van der Waals surface area contributed by atoms with Gasteiger partial charge in [-0.2, -0.15) is 0 Å². The van der Waals surface area contributed by atoms with Gasteiger partial charge in [-0.1, -0.05) is 115 Å². The minimum absolute atomic E-state index is 0.101. The van der Waals surface area contributed by atoms with Crippen LogP contribution in [0.5, 0.6) is 0 Å². The maximum absolute atomic E-state index is 13.8. The first-order chi connectivity index (χ1) is 24.8. The predicted molar refractivity (Wildman–Crippen MR) is 208 cm³/mol. The Kier molecular flexibility index (Phi) is 16.8. The standard InChI is InChI=1S/C42H58N4O6/c1-8-10-20-35(41(50)46-36(23-27(3)4)37(47)24-31(9-2)40(49)43-25-28(5)6)45-39(48)29(7)44-38-33-19-15-14-18-32(33)21-22-34(38)42(51)52-26-30-16-12-11-13-17-30/h11-19,21-22,24,27-29,35-37,44,47H,8-10,20,23,25-26H2,1-7H3,(H,43,49)(H,45,48)(H,46,50)/b31-24+/t29?,35-,36-,37-/m0/s1. The lowest BCUT2D eigenvalue weighted by atomic mass is 9.96. The molecule has 0 aromatic heterocycles. The molecule has 0 aliphatic carbocycles. The summed E-state index contributed by atoms with van der Waals surface area (Å²) in [5.41, 5.74) is 2.05. The van der Waals surface area contributed by atoms with E-state index in [1.54, 1.807) is 13.0 Å². The van der Waals surface area contributed by atoms with Gasteiger partial charge in [0.2, 0.25) is 17.7 Å². The van der Waals surface area contributed by atoms with E-state index in [9.17, 15) is 24.3 Å². The number of amides is 3. The Morgan fingerprint density at radius 2 is 1.52 bits per heavy atom. The van der Waals surface area contributed by atoms with Crippen LogP contribution in [0, 0.1) is 11.8 Å². The molecule has 0 fully saturated rings. The zero-order valence-electron chi connectivity index (χ0n) is 31.8. The molecule has 4 atom stereocenters. The van der Waals surface area contributed by atoms with Crippen LogP contribution in [0.25, 0.3) is 10.8 Å². The maximum atomic E-state index is 13.8. The molecule has 1 unspecified atom stereocenters. The van der Waals surface area contributed by atoms with E-state index in [-0.39, 0.29) is 29.9 Å². The van der Waals surface area contributed by atoms with Crippen molar-refractivity contribution in [2.24, 2.45) is 11.8 Å². The summed E-state index contributed by atoms with van der Waals surface area (Å²) in [5.74, 6) is -1.19. The van der Waals surface area contributed by atoms with Crippen molar-refractivity contribution in [2.75, 3.05) is 11.9 Å². The van der Waals surface area contributed by atoms with E-state index >= 15 is 0 Å². The van der Waals surface area contributed by atoms with Crippen molar-refractivity contribution in [3.63, 3.8) is 0 Å². The number of aliphatic hydroxyl groups is 1. The third-order valence-corrected chi connectivity index (χ3v) is 8.78. The average molecular weight is 715 g/mol. The van der Waals surface area contributed by atoms with Gasteiger partial charge in [-0.05, 0) is 61.1 Å². The summed E-state index contributed by atoms with van der Waals surface area (Å²) in [7, 11) is 0. The van der Waals surface area contributed by atoms with E-state index in [1.807, 2.05) is 102 Å². The van der Waals surface area contributed by atoms with Crippen molar-refractivity contribution in [3.05, 3.63) is 89.5 Å². The molecule has 5 N–H and O–H groups in total. The highest BCUT2D eigenvalue weighted by Crippen LogP contribution is 2.29. The Morgan fingerprint density at radius 1 is 0.827 bits per heavy atom. The molecular formula is C42H58N4O6. The molecule has 0 bridgehead atoms. The van der Waals surface area contributed by atoms with E-state index in [4.69, 9.17) is 4.74 Å². The highest BCUT2D eigenvalue weighted by atomic mass is 16.5. The Bertz CT molecular complexity index is 1650. The number of carbonyl (C=O) groups excluding carboxylic acids is 4. The number of ether oxygens (including phenoxy) is 1. The zero-order chi connectivity index (χ0) is 38.2. The molecule has 0 saturated carbocycles. The predicted octanol–water partition coefficient (Wildman–Crippen LogP) is 6.67. The van der Waals surface area contributed by atoms with Gasteiger partial charge in [-0.25, -0.2) is 4.79 Å². The van der Waals surface area contributed by atoms with Gasteiger partial charge in [-0.15, -0.1) is 0 Å². The summed E-state index contributed by atoms with van der Waals surface area (Å²) in [6, 6.07) is 18.1. The maximum Gasteiger partial charge on any atom is 0.340 e. The fraction of sp³-hybridized carbons (Fsp3) is 0.476. The molecule has 0 heterocycles. The molecular weight excluding hydrogens is 656 g/mol. The number of carbonyl (C=O) groups is 4. The number of unbranched alkanes of at least 4 members (excludes halogenated alkanes) is 1. The molecule has 3 aromatic rings. The first kappa shape index (κ1) is 41.7. The SMILES string of the molecule is CCCC[C@H](NC(=O)C(C)Nc1c(C(=O)OCc2ccccc2)ccc2ccccc12)C(=O)N[C@@H](CC(C)C)[C@@H](O)/C=C(\CC)C(=O)NCC(C)C. The molecule has 0 aliphatic rings. The number of nitrogens with one attached hydrogen (secondary N) is 4. The van der Waals surface area contributed by atoms with Gasteiger partial charge in [0.25, 0.3) is 0 Å². The van der Waals surface area contributed by atoms with Gasteiger partial charge in [0.15, 0.2) is 0 Å². The molecule has 52 heavy (non-hydrogen) atoms. The third kappa shape index (κ3) is 12.8. The smallest absolute Gasteiger partial charge is 0.340 e. The fourth-order valence-electron chi connectivity index (χ4n) is 5.82. The van der Waals surface area contributed by atoms with Crippen LogP contribution in [0.15, 0.2) is 78.4 Å². The van der Waals surface area contributed by atoms with Crippen LogP contribution in [-0.4, -0.2) is 59.6 Å². The van der Waals surface area contributed by atoms with E-state index < -0.39 is 42.0 Å². The molecule has 3 aromatic carbocycles. The van der Waals surface area contributed by atoms with Crippen molar-refractivity contribution in [2.45, 2.75) is 111 Å². The Balaban J connectivity index is 1.80. The monoisotopic (exact) mass is 714 g/mol. The molecule has 3 rings (SSSR count). The number of esters is 1. The quantitative estimate of drug-likeness (QED) is 0.0649. The molecule has 0 spiro atoms. The molecule has 10 nitrogen and oxygen atoms in total. The second kappa shape index (κ2) is 21.0. The topological polar surface area (TPSA) is 146 Å². The van der Waals surface area contributed by atoms with Gasteiger partial charge in [0.1, 0.15) is 18.7 Å². The number of rotatable bonds is 20. The Labute approximate surface area is 309 Å². The van der Waals surface area contributed by atoms with Crippen molar-refractivity contribution < 1.29 is 29.0 Å². The van der Waals surface area contributed by atoms with Crippen LogP contribution < -0.4 is 21.3 Å². The van der Waals surface area contributed by atoms with Crippen LogP contribution in [0.3, 0.4) is 0 Å². The minimum Gasteiger partial charge on any atom is -0.457 e. The molecule has 0 saturated heterocycles. The van der Waals surface area contributed by atoms with E-state index in [1.165, 1.54) is 6.08 Å². The fourth-order valence-corrected chi connectivity index (χ4v) is 5.82. The molecule has 10 heteroatoms. The molecule has 282 valence electrons. The van der Waals surface area contributed by atoms with Gasteiger partial charge < -0.3 is 31.1 Å². The van der Waals surface area contributed by atoms with Gasteiger partial charge in [0, 0.05) is 17.5 Å². The van der Waals surface area contributed by atoms with Crippen LogP contribution in [0.2, 0.25) is 0 Å². The van der Waals surface area contributed by atoms with Crippen molar-refractivity contribution >= 4 is 40.2 Å². The van der Waals surface area contributed by atoms with Crippen LogP contribution in [-0.2, 0) is 25.7 Å². The van der Waals surface area contributed by atoms with Gasteiger partial charge in [0.05, 0.1) is 23.4 Å². The first-order valence-electron chi connectivity index (χ1n) is 18.6. The summed E-state index contributed by atoms with van der Waals surface area (Å²) in [4.78, 5) is 53.7. The number of hydrogen-bond acceptors (Lipinski definition) is 7. The molecule has 3 amide bonds. The first-order valence-corrected chi connectivity index (χ1v) is 18.6. The van der Waals surface area contributed by atoms with Gasteiger partial charge >= 0.3 is 5.97 Å². The lowest BCUT2D eigenvalue weighted by Gasteiger charge is -2.28. The normalized spacial score (nSPS) is 14.0. The number of fused-ring (bicyclic) bond motifs is 1. The summed E-state index contributed by atoms with van der Waals surface area (Å²) >= 11 is 0. The van der Waals surface area contributed by atoms with Crippen LogP contribution >= 0.6 is 0 Å². The van der Waals surface area contributed by atoms with E-state index in [2.05, 4.69) is 21.3 Å². The second-order valence-corrected chi connectivity index (χ2v) is 14.2. The summed E-state index contributed by atoms with van der Waals surface area (Å²) in [6.07, 6.45) is 3.20. The average Bonchev–Trinajstić information content (AvgIpc) is 3.13. The molecule has 0 radical (unpaired) electrons. The number of hydrogen-bond donors (Lipinski definition) is 5. The summed E-state index contributed by atoms with van der Waals surface area (Å²) in [5, 5.41) is 25.0. The van der Waals surface area contributed by atoms with Gasteiger partial charge in [-0.3, -0.25) is 14.4 Å². The van der Waals surface area contributed by atoms with Crippen molar-refractivity contribution in [1.29, 1.82) is 0 Å². The largest absolute Gasteiger partial charge is 0.457 e. The number of aliphatic hydroxyl groups excluding tert-OH is 1. The van der Waals surface area contributed by atoms with Crippen LogP contribution in [0.1, 0.15) is 96.5 Å². The minimum atomic E-state index is -1.11. The highest BCUT2D eigenvalue weighted by Gasteiger charge is 2.29. The second-order valence-electron chi connectivity index (χ2n) is 14.2. The summed E-state index contributed by atoms with van der Waals surface area (Å²) in [6.45, 7) is 14.2. The number of benzene rings is 3. The van der Waals surface area contributed by atoms with Crippen molar-refractivity contribution in [1.82, 2.24) is 16.0 Å². The number of anilines is 1. The van der Waals surface area contributed by atoms with E-state index in [0.717, 1.165) is 22.8 Å². The highest BCUT2D eigenvalue weighted by molar-refractivity contribution is 6.07. The third-order valence-electron chi connectivity index (χ3n) is 8.78. The summed E-state index contributed by atoms with van der Waals surface area (Å²) < 4.78 is 5.66. The Hall–Kier alpha value is -4.70. The lowest BCUT2D eigenvalue weighted by Crippen LogP contribution is -2.54.